The number of esters is 1. The van der Waals surface area contributed by atoms with Crippen molar-refractivity contribution in [3.05, 3.63) is 29.8 Å². The summed E-state index contributed by atoms with van der Waals surface area (Å²) in [5.74, 6) is 0.627. The lowest BCUT2D eigenvalue weighted by Crippen LogP contribution is -2.56. The molecule has 3 unspecified atom stereocenters. The topological polar surface area (TPSA) is 38.3 Å². The highest BCUT2D eigenvalue weighted by Crippen LogP contribution is 2.41. The lowest BCUT2D eigenvalue weighted by molar-refractivity contribution is -0.150. The van der Waals surface area contributed by atoms with Crippen LogP contribution in [0.4, 0.5) is 5.69 Å². The number of hydrogen-bond donors (Lipinski definition) is 1. The molecule has 20 heavy (non-hydrogen) atoms. The zero-order valence-corrected chi connectivity index (χ0v) is 12.9. The smallest absolute Gasteiger partial charge is 0.331 e. The molecule has 2 rings (SSSR count). The van der Waals surface area contributed by atoms with Gasteiger partial charge in [-0.3, -0.25) is 0 Å². The molecule has 1 aliphatic carbocycles. The van der Waals surface area contributed by atoms with Gasteiger partial charge in [0.2, 0.25) is 0 Å². The third-order valence-corrected chi connectivity index (χ3v) is 4.91. The van der Waals surface area contributed by atoms with Crippen LogP contribution in [0.1, 0.15) is 38.7 Å². The lowest BCUT2D eigenvalue weighted by Gasteiger charge is -2.44. The Morgan fingerprint density at radius 3 is 2.70 bits per heavy atom. The van der Waals surface area contributed by atoms with Gasteiger partial charge in [0.1, 0.15) is 5.54 Å². The molecule has 0 spiro atoms. The second kappa shape index (κ2) is 5.86. The fourth-order valence-electron chi connectivity index (χ4n) is 3.32. The normalized spacial score (nSPS) is 29.8. The van der Waals surface area contributed by atoms with Crippen molar-refractivity contribution in [1.82, 2.24) is 0 Å². The van der Waals surface area contributed by atoms with E-state index < -0.39 is 5.54 Å². The Hall–Kier alpha value is -1.51. The van der Waals surface area contributed by atoms with Crippen LogP contribution in [0.3, 0.4) is 0 Å². The summed E-state index contributed by atoms with van der Waals surface area (Å²) in [6.45, 7) is 6.44. The Labute approximate surface area is 121 Å². The summed E-state index contributed by atoms with van der Waals surface area (Å²) in [5.41, 5.74) is 1.58. The number of carbonyl (C=O) groups is 1. The van der Waals surface area contributed by atoms with Crippen LogP contribution in [0.5, 0.6) is 0 Å². The van der Waals surface area contributed by atoms with Crippen LogP contribution in [0.2, 0.25) is 0 Å². The summed E-state index contributed by atoms with van der Waals surface area (Å²) in [5, 5.41) is 3.52. The number of methoxy groups -OCH3 is 1. The first-order valence-corrected chi connectivity index (χ1v) is 7.43. The summed E-state index contributed by atoms with van der Waals surface area (Å²) in [7, 11) is 1.48. The van der Waals surface area contributed by atoms with Crippen LogP contribution in [-0.4, -0.2) is 18.6 Å². The third kappa shape index (κ3) is 2.54. The Kier molecular flexibility index (Phi) is 4.36. The average molecular weight is 275 g/mol. The van der Waals surface area contributed by atoms with Gasteiger partial charge in [-0.05, 0) is 36.8 Å². The number of hydrogen-bond acceptors (Lipinski definition) is 3. The SMILES string of the molecule is COC(=O)C1(Nc2ccccc2C)CCCC(C)C1C. The van der Waals surface area contributed by atoms with Gasteiger partial charge in [-0.25, -0.2) is 4.79 Å². The van der Waals surface area contributed by atoms with Crippen LogP contribution in [0.15, 0.2) is 24.3 Å². The van der Waals surface area contributed by atoms with Crippen molar-refractivity contribution < 1.29 is 9.53 Å². The van der Waals surface area contributed by atoms with E-state index in [0.29, 0.717) is 5.92 Å². The summed E-state index contributed by atoms with van der Waals surface area (Å²) >= 11 is 0. The number of anilines is 1. The lowest BCUT2D eigenvalue weighted by atomic mass is 9.68. The van der Waals surface area contributed by atoms with Gasteiger partial charge < -0.3 is 10.1 Å². The Balaban J connectivity index is 2.38. The van der Waals surface area contributed by atoms with Crippen molar-refractivity contribution >= 4 is 11.7 Å². The van der Waals surface area contributed by atoms with Gasteiger partial charge in [-0.1, -0.05) is 44.9 Å². The molecule has 1 N–H and O–H groups in total. The molecule has 1 saturated carbocycles. The highest BCUT2D eigenvalue weighted by Gasteiger charge is 2.48. The molecule has 3 heteroatoms. The maximum Gasteiger partial charge on any atom is 0.331 e. The summed E-state index contributed by atoms with van der Waals surface area (Å²) in [6.07, 6.45) is 3.06. The monoisotopic (exact) mass is 275 g/mol. The Morgan fingerprint density at radius 2 is 2.05 bits per heavy atom. The van der Waals surface area contributed by atoms with Crippen LogP contribution in [0.25, 0.3) is 0 Å². The largest absolute Gasteiger partial charge is 0.467 e. The van der Waals surface area contributed by atoms with Crippen LogP contribution in [0, 0.1) is 18.8 Å². The first-order chi connectivity index (χ1) is 9.51. The van der Waals surface area contributed by atoms with Gasteiger partial charge in [0.15, 0.2) is 0 Å². The van der Waals surface area contributed by atoms with E-state index in [4.69, 9.17) is 4.74 Å². The molecule has 3 atom stereocenters. The Morgan fingerprint density at radius 1 is 1.35 bits per heavy atom. The molecule has 0 saturated heterocycles. The van der Waals surface area contributed by atoms with E-state index in [1.54, 1.807) is 0 Å². The van der Waals surface area contributed by atoms with Gasteiger partial charge in [0.25, 0.3) is 0 Å². The zero-order valence-electron chi connectivity index (χ0n) is 12.9. The first-order valence-electron chi connectivity index (χ1n) is 7.43. The summed E-state index contributed by atoms with van der Waals surface area (Å²) < 4.78 is 5.12. The van der Waals surface area contributed by atoms with Crippen molar-refractivity contribution in [2.75, 3.05) is 12.4 Å². The molecule has 110 valence electrons. The quantitative estimate of drug-likeness (QED) is 0.853. The molecule has 3 nitrogen and oxygen atoms in total. The van der Waals surface area contributed by atoms with Gasteiger partial charge in [-0.15, -0.1) is 0 Å². The van der Waals surface area contributed by atoms with Gasteiger partial charge in [0.05, 0.1) is 7.11 Å². The number of nitrogens with one attached hydrogen (secondary N) is 1. The minimum atomic E-state index is -0.599. The maximum absolute atomic E-state index is 12.5. The number of aryl methyl sites for hydroxylation is 1. The second-order valence-corrected chi connectivity index (χ2v) is 6.06. The molecule has 1 aromatic carbocycles. The van der Waals surface area contributed by atoms with Crippen molar-refractivity contribution in [3.8, 4) is 0 Å². The molecular weight excluding hydrogens is 250 g/mol. The van der Waals surface area contributed by atoms with Crippen molar-refractivity contribution in [3.63, 3.8) is 0 Å². The molecule has 1 fully saturated rings. The number of carbonyl (C=O) groups excluding carboxylic acids is 1. The minimum absolute atomic E-state index is 0.139. The van der Waals surface area contributed by atoms with Crippen molar-refractivity contribution in [2.24, 2.45) is 11.8 Å². The number of ether oxygens (including phenoxy) is 1. The highest BCUT2D eigenvalue weighted by molar-refractivity contribution is 5.85. The van der Waals surface area contributed by atoms with E-state index in [1.165, 1.54) is 13.5 Å². The minimum Gasteiger partial charge on any atom is -0.467 e. The first kappa shape index (κ1) is 14.9. The Bertz CT molecular complexity index is 486. The number of benzene rings is 1. The predicted molar refractivity (Wildman–Crippen MR) is 81.7 cm³/mol. The van der Waals surface area contributed by atoms with E-state index in [-0.39, 0.29) is 11.9 Å². The summed E-state index contributed by atoms with van der Waals surface area (Å²) in [4.78, 5) is 12.5. The van der Waals surface area contributed by atoms with Crippen LogP contribution in [-0.2, 0) is 9.53 Å². The number of rotatable bonds is 3. The summed E-state index contributed by atoms with van der Waals surface area (Å²) in [6, 6.07) is 8.10. The molecule has 0 amide bonds. The molecule has 0 radical (unpaired) electrons. The van der Waals surface area contributed by atoms with Crippen molar-refractivity contribution in [1.29, 1.82) is 0 Å². The van der Waals surface area contributed by atoms with Crippen LogP contribution >= 0.6 is 0 Å². The fraction of sp³-hybridized carbons (Fsp3) is 0.588. The van der Waals surface area contributed by atoms with E-state index in [1.807, 2.05) is 18.2 Å². The molecule has 0 aliphatic heterocycles. The average Bonchev–Trinajstić information content (AvgIpc) is 2.45. The molecular formula is C17H25NO2. The molecule has 0 bridgehead atoms. The van der Waals surface area contributed by atoms with E-state index in [0.717, 1.165) is 24.1 Å². The van der Waals surface area contributed by atoms with Crippen molar-refractivity contribution in [2.45, 2.75) is 45.6 Å². The van der Waals surface area contributed by atoms with E-state index in [2.05, 4.69) is 32.2 Å². The van der Waals surface area contributed by atoms with Gasteiger partial charge in [0, 0.05) is 5.69 Å². The van der Waals surface area contributed by atoms with E-state index in [9.17, 15) is 4.79 Å². The standard InChI is InChI=1S/C17H25NO2/c1-12-9-7-11-17(14(12)3,16(19)20-4)18-15-10-6-5-8-13(15)2/h5-6,8,10,12,14,18H,7,9,11H2,1-4H3. The molecule has 0 heterocycles. The highest BCUT2D eigenvalue weighted by atomic mass is 16.5. The molecule has 0 aromatic heterocycles. The maximum atomic E-state index is 12.5. The fourth-order valence-corrected chi connectivity index (χ4v) is 3.32. The van der Waals surface area contributed by atoms with Crippen LogP contribution < -0.4 is 5.32 Å². The molecule has 1 aromatic rings. The third-order valence-electron chi connectivity index (χ3n) is 4.91. The van der Waals surface area contributed by atoms with E-state index >= 15 is 0 Å². The second-order valence-electron chi connectivity index (χ2n) is 6.06. The predicted octanol–water partition coefficient (Wildman–Crippen LogP) is 3.77. The number of para-hydroxylation sites is 1. The zero-order chi connectivity index (χ0) is 14.8. The van der Waals surface area contributed by atoms with Gasteiger partial charge in [-0.2, -0.15) is 0 Å². The molecule has 1 aliphatic rings. The van der Waals surface area contributed by atoms with Gasteiger partial charge >= 0.3 is 5.97 Å².